The molecular weight excluding hydrogens is 382 g/mol. The molecule has 0 bridgehead atoms. The second-order valence-electron chi connectivity index (χ2n) is 7.54. The van der Waals surface area contributed by atoms with Gasteiger partial charge in [-0.1, -0.05) is 12.1 Å². The zero-order valence-corrected chi connectivity index (χ0v) is 18.1. The Morgan fingerprint density at radius 2 is 1.83 bits per heavy atom. The highest BCUT2D eigenvalue weighted by molar-refractivity contribution is 5.84. The SMILES string of the molecule is CN=C(NCCOc1cccnc1)NCCc1ccc(NC(=O)OC(C)(C)C)cc1. The third-order valence-electron chi connectivity index (χ3n) is 3.83. The number of hydrogen-bond donors (Lipinski definition) is 3. The predicted molar refractivity (Wildman–Crippen MR) is 119 cm³/mol. The largest absolute Gasteiger partial charge is 0.490 e. The Morgan fingerprint density at radius 3 is 2.47 bits per heavy atom. The number of aromatic nitrogens is 1. The molecule has 30 heavy (non-hydrogen) atoms. The minimum atomic E-state index is -0.521. The maximum absolute atomic E-state index is 11.8. The van der Waals surface area contributed by atoms with E-state index in [0.717, 1.165) is 24.3 Å². The van der Waals surface area contributed by atoms with Gasteiger partial charge < -0.3 is 20.1 Å². The highest BCUT2D eigenvalue weighted by Gasteiger charge is 2.16. The van der Waals surface area contributed by atoms with Gasteiger partial charge in [0.2, 0.25) is 0 Å². The number of rotatable bonds is 8. The van der Waals surface area contributed by atoms with E-state index in [1.807, 2.05) is 57.2 Å². The smallest absolute Gasteiger partial charge is 0.412 e. The zero-order valence-electron chi connectivity index (χ0n) is 18.1. The quantitative estimate of drug-likeness (QED) is 0.349. The van der Waals surface area contributed by atoms with E-state index < -0.39 is 11.7 Å². The molecule has 0 unspecified atom stereocenters. The van der Waals surface area contributed by atoms with Crippen LogP contribution in [0.3, 0.4) is 0 Å². The maximum atomic E-state index is 11.8. The first-order valence-corrected chi connectivity index (χ1v) is 9.92. The summed E-state index contributed by atoms with van der Waals surface area (Å²) < 4.78 is 10.8. The molecule has 1 aromatic heterocycles. The van der Waals surface area contributed by atoms with Gasteiger partial charge in [-0.15, -0.1) is 0 Å². The lowest BCUT2D eigenvalue weighted by Crippen LogP contribution is -2.40. The lowest BCUT2D eigenvalue weighted by atomic mass is 10.1. The number of aliphatic imine (C=N–C) groups is 1. The monoisotopic (exact) mass is 413 g/mol. The Hall–Kier alpha value is -3.29. The summed E-state index contributed by atoms with van der Waals surface area (Å²) in [5.41, 5.74) is 1.33. The number of amides is 1. The fourth-order valence-corrected chi connectivity index (χ4v) is 2.49. The Morgan fingerprint density at radius 1 is 1.10 bits per heavy atom. The molecule has 2 rings (SSSR count). The van der Waals surface area contributed by atoms with Crippen molar-refractivity contribution in [2.24, 2.45) is 4.99 Å². The fourth-order valence-electron chi connectivity index (χ4n) is 2.49. The van der Waals surface area contributed by atoms with E-state index in [4.69, 9.17) is 9.47 Å². The zero-order chi connectivity index (χ0) is 21.8. The van der Waals surface area contributed by atoms with Crippen LogP contribution in [0.1, 0.15) is 26.3 Å². The number of nitrogens with one attached hydrogen (secondary N) is 3. The van der Waals surface area contributed by atoms with Crippen LogP contribution in [-0.2, 0) is 11.2 Å². The average molecular weight is 414 g/mol. The molecule has 1 amide bonds. The molecule has 0 aliphatic rings. The molecule has 1 heterocycles. The predicted octanol–water partition coefficient (Wildman–Crippen LogP) is 3.22. The van der Waals surface area contributed by atoms with Crippen molar-refractivity contribution < 1.29 is 14.3 Å². The molecule has 0 radical (unpaired) electrons. The first-order chi connectivity index (χ1) is 14.4. The van der Waals surface area contributed by atoms with Crippen LogP contribution in [0.2, 0.25) is 0 Å². The maximum Gasteiger partial charge on any atom is 0.412 e. The number of carbonyl (C=O) groups is 1. The van der Waals surface area contributed by atoms with Crippen LogP contribution >= 0.6 is 0 Å². The molecule has 0 saturated heterocycles. The lowest BCUT2D eigenvalue weighted by molar-refractivity contribution is 0.0636. The van der Waals surface area contributed by atoms with Crippen molar-refractivity contribution in [2.45, 2.75) is 32.8 Å². The lowest BCUT2D eigenvalue weighted by Gasteiger charge is -2.19. The van der Waals surface area contributed by atoms with Crippen LogP contribution in [-0.4, -0.2) is 49.4 Å². The summed E-state index contributed by atoms with van der Waals surface area (Å²) in [5, 5.41) is 9.21. The summed E-state index contributed by atoms with van der Waals surface area (Å²) in [6, 6.07) is 11.4. The van der Waals surface area contributed by atoms with Gasteiger partial charge in [0.1, 0.15) is 18.0 Å². The third kappa shape index (κ3) is 9.27. The molecule has 3 N–H and O–H groups in total. The highest BCUT2D eigenvalue weighted by atomic mass is 16.6. The molecule has 8 nitrogen and oxygen atoms in total. The number of hydrogen-bond acceptors (Lipinski definition) is 5. The number of anilines is 1. The first kappa shape index (κ1) is 23.0. The Balaban J connectivity index is 1.66. The molecule has 0 spiro atoms. The van der Waals surface area contributed by atoms with Gasteiger partial charge in [-0.3, -0.25) is 15.3 Å². The standard InChI is InChI=1S/C22H31N5O3/c1-22(2,3)30-21(28)27-18-9-7-17(8-10-18)11-13-25-20(23-4)26-14-15-29-19-6-5-12-24-16-19/h5-10,12,16H,11,13-15H2,1-4H3,(H,27,28)(H2,23,25,26). The minimum absolute atomic E-state index is 0.459. The molecule has 8 heteroatoms. The summed E-state index contributed by atoms with van der Waals surface area (Å²) >= 11 is 0. The molecule has 0 fully saturated rings. The van der Waals surface area contributed by atoms with E-state index in [1.54, 1.807) is 19.4 Å². The summed E-state index contributed by atoms with van der Waals surface area (Å²) in [6.07, 6.45) is 3.75. The number of nitrogens with zero attached hydrogens (tertiary/aromatic N) is 2. The van der Waals surface area contributed by atoms with Gasteiger partial charge in [-0.25, -0.2) is 4.79 Å². The van der Waals surface area contributed by atoms with Gasteiger partial charge in [-0.2, -0.15) is 0 Å². The number of pyridine rings is 1. The third-order valence-corrected chi connectivity index (χ3v) is 3.83. The number of guanidine groups is 1. The van der Waals surface area contributed by atoms with Crippen LogP contribution in [0.4, 0.5) is 10.5 Å². The molecule has 2 aromatic rings. The van der Waals surface area contributed by atoms with Crippen LogP contribution < -0.4 is 20.7 Å². The van der Waals surface area contributed by atoms with E-state index in [-0.39, 0.29) is 0 Å². The van der Waals surface area contributed by atoms with Crippen molar-refractivity contribution in [3.05, 3.63) is 54.4 Å². The first-order valence-electron chi connectivity index (χ1n) is 9.92. The van der Waals surface area contributed by atoms with Crippen LogP contribution in [0.5, 0.6) is 5.75 Å². The summed E-state index contributed by atoms with van der Waals surface area (Å²) in [6.45, 7) is 7.36. The molecule has 1 aromatic carbocycles. The Bertz CT molecular complexity index is 802. The van der Waals surface area contributed by atoms with Crippen molar-refractivity contribution in [1.29, 1.82) is 0 Å². The second-order valence-corrected chi connectivity index (χ2v) is 7.54. The van der Waals surface area contributed by atoms with Crippen molar-refractivity contribution in [3.63, 3.8) is 0 Å². The minimum Gasteiger partial charge on any atom is -0.490 e. The molecule has 0 saturated carbocycles. The Labute approximate surface area is 178 Å². The van der Waals surface area contributed by atoms with Gasteiger partial charge in [0.25, 0.3) is 0 Å². The molecule has 0 aliphatic heterocycles. The number of benzene rings is 1. The van der Waals surface area contributed by atoms with Gasteiger partial charge in [-0.05, 0) is 57.0 Å². The summed E-state index contributed by atoms with van der Waals surface area (Å²) in [4.78, 5) is 20.0. The van der Waals surface area contributed by atoms with E-state index in [0.29, 0.717) is 24.8 Å². The summed E-state index contributed by atoms with van der Waals surface area (Å²) in [5.74, 6) is 1.46. The van der Waals surface area contributed by atoms with E-state index in [9.17, 15) is 4.79 Å². The molecule has 162 valence electrons. The molecule has 0 aliphatic carbocycles. The molecule has 0 atom stereocenters. The van der Waals surface area contributed by atoms with E-state index >= 15 is 0 Å². The van der Waals surface area contributed by atoms with Crippen molar-refractivity contribution in [1.82, 2.24) is 15.6 Å². The van der Waals surface area contributed by atoms with Gasteiger partial charge in [0.05, 0.1) is 12.7 Å². The van der Waals surface area contributed by atoms with Crippen molar-refractivity contribution >= 4 is 17.7 Å². The normalized spacial score (nSPS) is 11.5. The van der Waals surface area contributed by atoms with Crippen molar-refractivity contribution in [2.75, 3.05) is 32.1 Å². The van der Waals surface area contributed by atoms with Gasteiger partial charge in [0.15, 0.2) is 5.96 Å². The van der Waals surface area contributed by atoms with Crippen LogP contribution in [0, 0.1) is 0 Å². The average Bonchev–Trinajstić information content (AvgIpc) is 2.70. The van der Waals surface area contributed by atoms with Gasteiger partial charge >= 0.3 is 6.09 Å². The van der Waals surface area contributed by atoms with E-state index in [1.165, 1.54) is 0 Å². The second kappa shape index (κ2) is 11.6. The number of ether oxygens (including phenoxy) is 2. The summed E-state index contributed by atoms with van der Waals surface area (Å²) in [7, 11) is 1.73. The van der Waals surface area contributed by atoms with Crippen molar-refractivity contribution in [3.8, 4) is 5.75 Å². The number of carbonyl (C=O) groups excluding carboxylic acids is 1. The fraction of sp³-hybridized carbons (Fsp3) is 0.409. The van der Waals surface area contributed by atoms with E-state index in [2.05, 4.69) is 25.9 Å². The van der Waals surface area contributed by atoms with Crippen LogP contribution in [0.25, 0.3) is 0 Å². The van der Waals surface area contributed by atoms with Gasteiger partial charge in [0, 0.05) is 25.5 Å². The molecular formula is C22H31N5O3. The van der Waals surface area contributed by atoms with Crippen LogP contribution in [0.15, 0.2) is 53.8 Å². The Kier molecular flexibility index (Phi) is 8.93. The highest BCUT2D eigenvalue weighted by Crippen LogP contribution is 2.13. The topological polar surface area (TPSA) is 96.9 Å².